The number of aryl methyl sites for hydroxylation is 1. The van der Waals surface area contributed by atoms with Crippen molar-refractivity contribution < 1.29 is 19.1 Å². The van der Waals surface area contributed by atoms with E-state index in [1.165, 1.54) is 0 Å². The molecule has 0 fully saturated rings. The van der Waals surface area contributed by atoms with Crippen molar-refractivity contribution in [2.75, 3.05) is 17.2 Å². The average Bonchev–Trinajstić information content (AvgIpc) is 2.77. The van der Waals surface area contributed by atoms with Crippen molar-refractivity contribution in [3.05, 3.63) is 83.9 Å². The van der Waals surface area contributed by atoms with E-state index in [-0.39, 0.29) is 11.8 Å². The molecule has 2 N–H and O–H groups in total. The van der Waals surface area contributed by atoms with Crippen molar-refractivity contribution >= 4 is 23.2 Å². The Bertz CT molecular complexity index is 1050. The first-order valence-corrected chi connectivity index (χ1v) is 10.1. The summed E-state index contributed by atoms with van der Waals surface area (Å²) < 4.78 is 11.3. The smallest absolute Gasteiger partial charge is 0.265 e. The van der Waals surface area contributed by atoms with Crippen LogP contribution in [0.15, 0.2) is 72.8 Å². The van der Waals surface area contributed by atoms with Crippen molar-refractivity contribution in [2.45, 2.75) is 26.9 Å². The maximum atomic E-state index is 12.6. The van der Waals surface area contributed by atoms with Gasteiger partial charge >= 0.3 is 0 Å². The zero-order valence-corrected chi connectivity index (χ0v) is 17.8. The second-order valence-corrected chi connectivity index (χ2v) is 6.97. The van der Waals surface area contributed by atoms with Crippen LogP contribution in [0.4, 0.5) is 11.4 Å². The Morgan fingerprint density at radius 2 is 1.52 bits per heavy atom. The van der Waals surface area contributed by atoms with Crippen LogP contribution in [0.5, 0.6) is 11.5 Å². The third-order valence-electron chi connectivity index (χ3n) is 4.64. The lowest BCUT2D eigenvalue weighted by molar-refractivity contribution is -0.122. The molecule has 0 bridgehead atoms. The molecule has 2 amide bonds. The summed E-state index contributed by atoms with van der Waals surface area (Å²) in [5.74, 6) is 0.609. The van der Waals surface area contributed by atoms with Gasteiger partial charge in [-0.25, -0.2) is 0 Å². The van der Waals surface area contributed by atoms with E-state index in [4.69, 9.17) is 9.47 Å². The van der Waals surface area contributed by atoms with E-state index in [0.29, 0.717) is 29.4 Å². The molecule has 1 atom stereocenters. The molecule has 0 heterocycles. The van der Waals surface area contributed by atoms with Crippen LogP contribution in [-0.4, -0.2) is 24.5 Å². The number of para-hydroxylation sites is 3. The molecule has 0 saturated heterocycles. The van der Waals surface area contributed by atoms with E-state index in [1.54, 1.807) is 43.3 Å². The molecule has 6 nitrogen and oxygen atoms in total. The van der Waals surface area contributed by atoms with Gasteiger partial charge in [0, 0.05) is 11.3 Å². The number of anilines is 2. The molecule has 3 rings (SSSR count). The first-order chi connectivity index (χ1) is 15.0. The summed E-state index contributed by atoms with van der Waals surface area (Å²) in [5, 5.41) is 5.72. The molecule has 0 aromatic heterocycles. The highest BCUT2D eigenvalue weighted by Crippen LogP contribution is 2.24. The number of amides is 2. The minimum Gasteiger partial charge on any atom is -0.492 e. The van der Waals surface area contributed by atoms with Crippen LogP contribution in [0.1, 0.15) is 29.8 Å². The van der Waals surface area contributed by atoms with Crippen LogP contribution in [-0.2, 0) is 4.79 Å². The molecule has 6 heteroatoms. The topological polar surface area (TPSA) is 76.7 Å². The monoisotopic (exact) mass is 418 g/mol. The number of carbonyl (C=O) groups is 2. The maximum absolute atomic E-state index is 12.6. The Balaban J connectivity index is 1.60. The van der Waals surface area contributed by atoms with E-state index in [2.05, 4.69) is 10.6 Å². The number of rotatable bonds is 8. The maximum Gasteiger partial charge on any atom is 0.265 e. The van der Waals surface area contributed by atoms with Crippen LogP contribution in [0, 0.1) is 6.92 Å². The minimum absolute atomic E-state index is 0.247. The van der Waals surface area contributed by atoms with Crippen molar-refractivity contribution in [3.8, 4) is 11.5 Å². The standard InChI is InChI=1S/C25H26N2O4/c1-4-30-23-12-8-7-11-22(23)27-25(29)19-13-15-20(16-14-19)31-18(3)24(28)26-21-10-6-5-9-17(21)2/h5-16,18H,4H2,1-3H3,(H,26,28)(H,27,29)/t18-/m0/s1. The summed E-state index contributed by atoms with van der Waals surface area (Å²) in [5.41, 5.74) is 2.80. The Labute approximate surface area is 182 Å². The van der Waals surface area contributed by atoms with Crippen molar-refractivity contribution in [1.29, 1.82) is 0 Å². The largest absolute Gasteiger partial charge is 0.492 e. The van der Waals surface area contributed by atoms with Crippen molar-refractivity contribution in [1.82, 2.24) is 0 Å². The van der Waals surface area contributed by atoms with E-state index < -0.39 is 6.10 Å². The molecule has 0 radical (unpaired) electrons. The van der Waals surface area contributed by atoms with Gasteiger partial charge in [-0.2, -0.15) is 0 Å². The molecule has 0 aliphatic heterocycles. The van der Waals surface area contributed by atoms with Gasteiger partial charge in [0.05, 0.1) is 12.3 Å². The fraction of sp³-hybridized carbons (Fsp3) is 0.200. The molecule has 160 valence electrons. The van der Waals surface area contributed by atoms with Gasteiger partial charge < -0.3 is 20.1 Å². The van der Waals surface area contributed by atoms with Gasteiger partial charge in [0.15, 0.2) is 6.10 Å². The predicted molar refractivity (Wildman–Crippen MR) is 122 cm³/mol. The lowest BCUT2D eigenvalue weighted by Gasteiger charge is -2.16. The molecule has 3 aromatic rings. The van der Waals surface area contributed by atoms with Crippen molar-refractivity contribution in [3.63, 3.8) is 0 Å². The average molecular weight is 418 g/mol. The number of hydrogen-bond donors (Lipinski definition) is 2. The number of nitrogens with one attached hydrogen (secondary N) is 2. The highest BCUT2D eigenvalue weighted by Gasteiger charge is 2.16. The second kappa shape index (κ2) is 10.3. The molecular formula is C25H26N2O4. The van der Waals surface area contributed by atoms with Crippen LogP contribution in [0.3, 0.4) is 0 Å². The molecular weight excluding hydrogens is 392 g/mol. The fourth-order valence-electron chi connectivity index (χ4n) is 2.94. The Morgan fingerprint density at radius 1 is 0.871 bits per heavy atom. The van der Waals surface area contributed by atoms with Gasteiger partial charge in [-0.15, -0.1) is 0 Å². The summed E-state index contributed by atoms with van der Waals surface area (Å²) in [6.45, 7) is 6.00. The summed E-state index contributed by atoms with van der Waals surface area (Å²) in [7, 11) is 0. The number of carbonyl (C=O) groups excluding carboxylic acids is 2. The second-order valence-electron chi connectivity index (χ2n) is 6.97. The highest BCUT2D eigenvalue weighted by molar-refractivity contribution is 6.05. The first-order valence-electron chi connectivity index (χ1n) is 10.1. The number of benzene rings is 3. The molecule has 0 saturated carbocycles. The zero-order valence-electron chi connectivity index (χ0n) is 17.8. The molecule has 0 aliphatic carbocycles. The van der Waals surface area contributed by atoms with Crippen molar-refractivity contribution in [2.24, 2.45) is 0 Å². The van der Waals surface area contributed by atoms with Gasteiger partial charge in [0.25, 0.3) is 11.8 Å². The molecule has 3 aromatic carbocycles. The van der Waals surface area contributed by atoms with Gasteiger partial charge in [0.2, 0.25) is 0 Å². The zero-order chi connectivity index (χ0) is 22.2. The lowest BCUT2D eigenvalue weighted by Crippen LogP contribution is -2.30. The SMILES string of the molecule is CCOc1ccccc1NC(=O)c1ccc(O[C@@H](C)C(=O)Nc2ccccc2C)cc1. The summed E-state index contributed by atoms with van der Waals surface area (Å²) in [6.07, 6.45) is -0.697. The van der Waals surface area contributed by atoms with Crippen LogP contribution in [0.2, 0.25) is 0 Å². The van der Waals surface area contributed by atoms with Crippen LogP contribution in [0.25, 0.3) is 0 Å². The third-order valence-corrected chi connectivity index (χ3v) is 4.64. The Kier molecular flexibility index (Phi) is 7.27. The number of ether oxygens (including phenoxy) is 2. The van der Waals surface area contributed by atoms with Crippen LogP contribution < -0.4 is 20.1 Å². The minimum atomic E-state index is -0.697. The molecule has 31 heavy (non-hydrogen) atoms. The summed E-state index contributed by atoms with van der Waals surface area (Å²) in [4.78, 5) is 25.0. The third kappa shape index (κ3) is 5.85. The Hall–Kier alpha value is -3.80. The Morgan fingerprint density at radius 3 is 2.19 bits per heavy atom. The molecule has 0 spiro atoms. The van der Waals surface area contributed by atoms with E-state index in [1.807, 2.05) is 50.2 Å². The summed E-state index contributed by atoms with van der Waals surface area (Å²) in [6, 6.07) is 21.5. The molecule has 0 unspecified atom stereocenters. The van der Waals surface area contributed by atoms with E-state index in [0.717, 1.165) is 11.3 Å². The summed E-state index contributed by atoms with van der Waals surface area (Å²) >= 11 is 0. The highest BCUT2D eigenvalue weighted by atomic mass is 16.5. The lowest BCUT2D eigenvalue weighted by atomic mass is 10.2. The van der Waals surface area contributed by atoms with E-state index in [9.17, 15) is 9.59 Å². The normalized spacial score (nSPS) is 11.3. The molecule has 0 aliphatic rings. The predicted octanol–water partition coefficient (Wildman–Crippen LogP) is 5.05. The number of hydrogen-bond acceptors (Lipinski definition) is 4. The fourth-order valence-corrected chi connectivity index (χ4v) is 2.94. The van der Waals surface area contributed by atoms with Gasteiger partial charge in [-0.05, 0) is 68.8 Å². The van der Waals surface area contributed by atoms with Crippen LogP contribution >= 0.6 is 0 Å². The quantitative estimate of drug-likeness (QED) is 0.537. The van der Waals surface area contributed by atoms with E-state index >= 15 is 0 Å². The van der Waals surface area contributed by atoms with Gasteiger partial charge in [-0.1, -0.05) is 30.3 Å². The van der Waals surface area contributed by atoms with Gasteiger partial charge in [-0.3, -0.25) is 9.59 Å². The van der Waals surface area contributed by atoms with Gasteiger partial charge in [0.1, 0.15) is 11.5 Å². The first kappa shape index (κ1) is 21.9.